The highest BCUT2D eigenvalue weighted by molar-refractivity contribution is 4.68. The van der Waals surface area contributed by atoms with Crippen LogP contribution in [0.25, 0.3) is 0 Å². The van der Waals surface area contributed by atoms with Gasteiger partial charge >= 0.3 is 0 Å². The molecule has 0 fully saturated rings. The molecule has 0 aromatic heterocycles. The van der Waals surface area contributed by atoms with Gasteiger partial charge in [-0.15, -0.1) is 0 Å². The van der Waals surface area contributed by atoms with Gasteiger partial charge in [0, 0.05) is 19.8 Å². The third-order valence-electron chi connectivity index (χ3n) is 1.86. The van der Waals surface area contributed by atoms with E-state index in [1.165, 1.54) is 0 Å². The van der Waals surface area contributed by atoms with Crippen molar-refractivity contribution in [2.45, 2.75) is 33.1 Å². The van der Waals surface area contributed by atoms with Crippen LogP contribution in [0.3, 0.4) is 0 Å². The van der Waals surface area contributed by atoms with Crippen LogP contribution in [0.4, 0.5) is 0 Å². The van der Waals surface area contributed by atoms with Gasteiger partial charge in [-0.25, -0.2) is 0 Å². The first kappa shape index (κ1) is 13.8. The molecule has 0 aromatic carbocycles. The number of nitrogens with one attached hydrogen (secondary N) is 1. The summed E-state index contributed by atoms with van der Waals surface area (Å²) in [6, 6.07) is 0.0925. The molecule has 0 aromatic rings. The van der Waals surface area contributed by atoms with Crippen molar-refractivity contribution in [3.8, 4) is 0 Å². The quantitative estimate of drug-likeness (QED) is 0.570. The highest BCUT2D eigenvalue weighted by Gasteiger charge is 2.20. The first-order valence-corrected chi connectivity index (χ1v) is 5.28. The largest absolute Gasteiger partial charge is 0.380 e. The van der Waals surface area contributed by atoms with Crippen LogP contribution in [0.1, 0.15) is 20.8 Å². The van der Waals surface area contributed by atoms with Crippen LogP contribution in [0.15, 0.2) is 0 Å². The molecule has 0 rings (SSSR count). The van der Waals surface area contributed by atoms with Crippen molar-refractivity contribution in [1.29, 1.82) is 0 Å². The summed E-state index contributed by atoms with van der Waals surface area (Å²) < 4.78 is 16.3. The summed E-state index contributed by atoms with van der Waals surface area (Å²) >= 11 is 0. The minimum absolute atomic E-state index is 0.0925. The summed E-state index contributed by atoms with van der Waals surface area (Å²) in [4.78, 5) is 0. The number of ether oxygens (including phenoxy) is 3. The smallest absolute Gasteiger partial charge is 0.174 e. The fourth-order valence-corrected chi connectivity index (χ4v) is 1.15. The number of rotatable bonds is 9. The molecule has 0 spiro atoms. The van der Waals surface area contributed by atoms with Crippen molar-refractivity contribution < 1.29 is 14.2 Å². The molecule has 4 heteroatoms. The maximum Gasteiger partial charge on any atom is 0.174 e. The molecule has 0 aliphatic heterocycles. The van der Waals surface area contributed by atoms with Crippen LogP contribution < -0.4 is 5.32 Å². The topological polar surface area (TPSA) is 39.7 Å². The van der Waals surface area contributed by atoms with E-state index in [2.05, 4.69) is 5.32 Å². The lowest BCUT2D eigenvalue weighted by atomic mass is 10.3. The molecule has 1 unspecified atom stereocenters. The van der Waals surface area contributed by atoms with Crippen LogP contribution in [0.2, 0.25) is 0 Å². The normalized spacial score (nSPS) is 13.5. The zero-order chi connectivity index (χ0) is 10.8. The Bertz CT molecular complexity index is 116. The molecular formula is C10H23NO3. The Hall–Kier alpha value is -0.160. The van der Waals surface area contributed by atoms with Crippen LogP contribution in [-0.2, 0) is 14.2 Å². The first-order valence-electron chi connectivity index (χ1n) is 5.28. The van der Waals surface area contributed by atoms with Crippen molar-refractivity contribution in [3.63, 3.8) is 0 Å². The fourth-order valence-electron chi connectivity index (χ4n) is 1.15. The predicted molar refractivity (Wildman–Crippen MR) is 56.4 cm³/mol. The molecule has 86 valence electrons. The Balaban J connectivity index is 3.96. The van der Waals surface area contributed by atoms with Crippen molar-refractivity contribution in [1.82, 2.24) is 5.32 Å². The lowest BCUT2D eigenvalue weighted by Gasteiger charge is -2.26. The molecule has 14 heavy (non-hydrogen) atoms. The summed E-state index contributed by atoms with van der Waals surface area (Å²) in [5.41, 5.74) is 0. The molecular weight excluding hydrogens is 182 g/mol. The molecule has 1 N–H and O–H groups in total. The van der Waals surface area contributed by atoms with Gasteiger partial charge in [-0.1, -0.05) is 0 Å². The van der Waals surface area contributed by atoms with Crippen LogP contribution in [0, 0.1) is 0 Å². The van der Waals surface area contributed by atoms with Gasteiger partial charge in [0.15, 0.2) is 6.29 Å². The molecule has 0 heterocycles. The van der Waals surface area contributed by atoms with Gasteiger partial charge in [-0.05, 0) is 27.8 Å². The third kappa shape index (κ3) is 5.54. The van der Waals surface area contributed by atoms with Gasteiger partial charge in [-0.3, -0.25) is 0 Å². The maximum absolute atomic E-state index is 5.47. The van der Waals surface area contributed by atoms with E-state index < -0.39 is 0 Å². The van der Waals surface area contributed by atoms with E-state index in [0.29, 0.717) is 26.4 Å². The zero-order valence-corrected chi connectivity index (χ0v) is 9.71. The SMILES string of the molecule is CCOCC(NC)C(OCC)OCC. The van der Waals surface area contributed by atoms with Crippen molar-refractivity contribution >= 4 is 0 Å². The van der Waals surface area contributed by atoms with Crippen molar-refractivity contribution in [2.24, 2.45) is 0 Å². The van der Waals surface area contributed by atoms with E-state index in [-0.39, 0.29) is 12.3 Å². The Morgan fingerprint density at radius 2 is 1.57 bits per heavy atom. The minimum Gasteiger partial charge on any atom is -0.380 e. The Morgan fingerprint density at radius 1 is 1.00 bits per heavy atom. The standard InChI is InChI=1S/C10H23NO3/c1-5-12-8-9(11-4)10(13-6-2)14-7-3/h9-11H,5-8H2,1-4H3. The average Bonchev–Trinajstić information content (AvgIpc) is 2.19. The van der Waals surface area contributed by atoms with Gasteiger partial charge in [0.05, 0.1) is 12.6 Å². The van der Waals surface area contributed by atoms with E-state index in [4.69, 9.17) is 14.2 Å². The van der Waals surface area contributed by atoms with Gasteiger partial charge in [0.1, 0.15) is 0 Å². The molecule has 1 atom stereocenters. The average molecular weight is 205 g/mol. The molecule has 0 amide bonds. The first-order chi connectivity index (χ1) is 6.79. The number of hydrogen-bond acceptors (Lipinski definition) is 4. The lowest BCUT2D eigenvalue weighted by Crippen LogP contribution is -2.44. The van der Waals surface area contributed by atoms with Gasteiger partial charge in [0.2, 0.25) is 0 Å². The molecule has 0 radical (unpaired) electrons. The van der Waals surface area contributed by atoms with Crippen LogP contribution in [-0.4, -0.2) is 45.8 Å². The second-order valence-corrected chi connectivity index (χ2v) is 2.83. The Labute approximate surface area is 86.9 Å². The summed E-state index contributed by atoms with van der Waals surface area (Å²) in [5, 5.41) is 3.13. The van der Waals surface area contributed by atoms with E-state index in [1.54, 1.807) is 0 Å². The monoisotopic (exact) mass is 205 g/mol. The van der Waals surface area contributed by atoms with Crippen molar-refractivity contribution in [3.05, 3.63) is 0 Å². The van der Waals surface area contributed by atoms with Gasteiger partial charge < -0.3 is 19.5 Å². The molecule has 4 nitrogen and oxygen atoms in total. The minimum atomic E-state index is -0.221. The lowest BCUT2D eigenvalue weighted by molar-refractivity contribution is -0.161. The summed E-state index contributed by atoms with van der Waals surface area (Å²) in [6.07, 6.45) is -0.221. The maximum atomic E-state index is 5.47. The highest BCUT2D eigenvalue weighted by atomic mass is 16.7. The summed E-state index contributed by atoms with van der Waals surface area (Å²) in [6.45, 7) is 8.51. The third-order valence-corrected chi connectivity index (χ3v) is 1.86. The molecule has 0 saturated heterocycles. The van der Waals surface area contributed by atoms with Crippen LogP contribution in [0.5, 0.6) is 0 Å². The zero-order valence-electron chi connectivity index (χ0n) is 9.71. The number of hydrogen-bond donors (Lipinski definition) is 1. The van der Waals surface area contributed by atoms with E-state index in [9.17, 15) is 0 Å². The highest BCUT2D eigenvalue weighted by Crippen LogP contribution is 2.02. The molecule has 0 aliphatic rings. The molecule has 0 saturated carbocycles. The van der Waals surface area contributed by atoms with E-state index in [0.717, 1.165) is 0 Å². The van der Waals surface area contributed by atoms with Crippen molar-refractivity contribution in [2.75, 3.05) is 33.5 Å². The Morgan fingerprint density at radius 3 is 1.93 bits per heavy atom. The predicted octanol–water partition coefficient (Wildman–Crippen LogP) is 1.01. The van der Waals surface area contributed by atoms with E-state index in [1.807, 2.05) is 27.8 Å². The second kappa shape index (κ2) is 9.40. The van der Waals surface area contributed by atoms with Gasteiger partial charge in [-0.2, -0.15) is 0 Å². The van der Waals surface area contributed by atoms with Gasteiger partial charge in [0.25, 0.3) is 0 Å². The number of likely N-dealkylation sites (N-methyl/N-ethyl adjacent to an activating group) is 1. The molecule has 0 aliphatic carbocycles. The fraction of sp³-hybridized carbons (Fsp3) is 1.00. The summed E-state index contributed by atoms with van der Waals surface area (Å²) in [7, 11) is 1.88. The molecule has 0 bridgehead atoms. The Kier molecular flexibility index (Phi) is 9.29. The van der Waals surface area contributed by atoms with E-state index >= 15 is 0 Å². The summed E-state index contributed by atoms with van der Waals surface area (Å²) in [5.74, 6) is 0. The van der Waals surface area contributed by atoms with Crippen LogP contribution >= 0.6 is 0 Å². The second-order valence-electron chi connectivity index (χ2n) is 2.83.